The van der Waals surface area contributed by atoms with Crippen LogP contribution in [0.3, 0.4) is 0 Å². The predicted octanol–water partition coefficient (Wildman–Crippen LogP) is 3.74. The van der Waals surface area contributed by atoms with Crippen molar-refractivity contribution in [2.24, 2.45) is 11.8 Å². The summed E-state index contributed by atoms with van der Waals surface area (Å²) in [4.78, 5) is 24.1. The largest absolute Gasteiger partial charge is 0.493 e. The molecule has 138 valence electrons. The molecular weight excluding hydrogens is 316 g/mol. The van der Waals surface area contributed by atoms with Crippen LogP contribution in [0.15, 0.2) is 24.3 Å². The summed E-state index contributed by atoms with van der Waals surface area (Å²) in [6.07, 6.45) is 5.36. The first kappa shape index (κ1) is 19.3. The maximum absolute atomic E-state index is 12.1. The second-order valence-electron chi connectivity index (χ2n) is 7.28. The molecule has 25 heavy (non-hydrogen) atoms. The van der Waals surface area contributed by atoms with Crippen LogP contribution < -0.4 is 15.4 Å². The molecule has 0 spiro atoms. The van der Waals surface area contributed by atoms with Crippen LogP contribution in [-0.2, 0) is 9.59 Å². The Balaban J connectivity index is 1.78. The van der Waals surface area contributed by atoms with E-state index in [0.717, 1.165) is 37.4 Å². The number of hydrogen-bond acceptors (Lipinski definition) is 3. The van der Waals surface area contributed by atoms with E-state index in [0.29, 0.717) is 18.2 Å². The lowest BCUT2D eigenvalue weighted by atomic mass is 9.84. The normalized spacial score (nSPS) is 20.2. The highest BCUT2D eigenvalue weighted by molar-refractivity contribution is 6.39. The summed E-state index contributed by atoms with van der Waals surface area (Å²) in [6, 6.07) is 7.19. The zero-order valence-electron chi connectivity index (χ0n) is 15.5. The number of rotatable bonds is 6. The summed E-state index contributed by atoms with van der Waals surface area (Å²) in [5, 5.41) is 5.49. The molecule has 2 amide bonds. The van der Waals surface area contributed by atoms with Gasteiger partial charge < -0.3 is 15.4 Å². The van der Waals surface area contributed by atoms with E-state index < -0.39 is 11.8 Å². The SMILES string of the molecule is CCC1CCC(NC(=O)C(=O)Nc2ccc(OCC(C)C)cc2)CC1. The predicted molar refractivity (Wildman–Crippen MR) is 99.6 cm³/mol. The van der Waals surface area contributed by atoms with E-state index >= 15 is 0 Å². The van der Waals surface area contributed by atoms with Gasteiger partial charge in [0.05, 0.1) is 6.61 Å². The van der Waals surface area contributed by atoms with Crippen molar-refractivity contribution in [1.82, 2.24) is 5.32 Å². The third-order valence-corrected chi connectivity index (χ3v) is 4.66. The average molecular weight is 346 g/mol. The molecule has 1 aromatic rings. The van der Waals surface area contributed by atoms with Crippen LogP contribution in [0.1, 0.15) is 52.9 Å². The number of carbonyl (C=O) groups is 2. The van der Waals surface area contributed by atoms with E-state index in [1.807, 2.05) is 0 Å². The van der Waals surface area contributed by atoms with Crippen molar-refractivity contribution in [3.8, 4) is 5.75 Å². The monoisotopic (exact) mass is 346 g/mol. The molecule has 1 aliphatic carbocycles. The van der Waals surface area contributed by atoms with Gasteiger partial charge in [0.2, 0.25) is 0 Å². The lowest BCUT2D eigenvalue weighted by Crippen LogP contribution is -2.43. The first-order chi connectivity index (χ1) is 12.0. The lowest BCUT2D eigenvalue weighted by molar-refractivity contribution is -0.136. The van der Waals surface area contributed by atoms with Crippen LogP contribution in [0.25, 0.3) is 0 Å². The Bertz CT molecular complexity index is 561. The summed E-state index contributed by atoms with van der Waals surface area (Å²) >= 11 is 0. The van der Waals surface area contributed by atoms with Crippen LogP contribution in [0.2, 0.25) is 0 Å². The van der Waals surface area contributed by atoms with Gasteiger partial charge in [0, 0.05) is 11.7 Å². The molecule has 5 nitrogen and oxygen atoms in total. The van der Waals surface area contributed by atoms with Crippen LogP contribution in [0.5, 0.6) is 5.75 Å². The highest BCUT2D eigenvalue weighted by atomic mass is 16.5. The van der Waals surface area contributed by atoms with E-state index in [9.17, 15) is 9.59 Å². The number of carbonyl (C=O) groups excluding carboxylic acids is 2. The number of ether oxygens (including phenoxy) is 1. The standard InChI is InChI=1S/C20H30N2O3/c1-4-15-5-7-16(8-6-15)21-19(23)20(24)22-17-9-11-18(12-10-17)25-13-14(2)3/h9-12,14-16H,4-8,13H2,1-3H3,(H,21,23)(H,22,24). The fourth-order valence-corrected chi connectivity index (χ4v) is 3.05. The van der Waals surface area contributed by atoms with Crippen molar-refractivity contribution < 1.29 is 14.3 Å². The second-order valence-corrected chi connectivity index (χ2v) is 7.28. The minimum absolute atomic E-state index is 0.118. The molecule has 1 aromatic carbocycles. The van der Waals surface area contributed by atoms with Crippen LogP contribution in [-0.4, -0.2) is 24.5 Å². The summed E-state index contributed by atoms with van der Waals surface area (Å²) in [6.45, 7) is 7.02. The van der Waals surface area contributed by atoms with Gasteiger partial charge >= 0.3 is 11.8 Å². The second kappa shape index (κ2) is 9.44. The Morgan fingerprint density at radius 1 is 1.08 bits per heavy atom. The summed E-state index contributed by atoms with van der Waals surface area (Å²) in [7, 11) is 0. The maximum Gasteiger partial charge on any atom is 0.313 e. The van der Waals surface area contributed by atoms with Gasteiger partial charge in [-0.25, -0.2) is 0 Å². The van der Waals surface area contributed by atoms with Gasteiger partial charge in [-0.1, -0.05) is 27.2 Å². The Morgan fingerprint density at radius 2 is 1.72 bits per heavy atom. The third kappa shape index (κ3) is 6.40. The van der Waals surface area contributed by atoms with Crippen molar-refractivity contribution in [3.05, 3.63) is 24.3 Å². The van der Waals surface area contributed by atoms with E-state index in [1.165, 1.54) is 6.42 Å². The molecule has 0 bridgehead atoms. The molecule has 0 atom stereocenters. The van der Waals surface area contributed by atoms with Crippen LogP contribution in [0, 0.1) is 11.8 Å². The van der Waals surface area contributed by atoms with Gasteiger partial charge in [-0.15, -0.1) is 0 Å². The van der Waals surface area contributed by atoms with Gasteiger partial charge in [-0.2, -0.15) is 0 Å². The number of anilines is 1. The molecule has 0 aliphatic heterocycles. The number of hydrogen-bond donors (Lipinski definition) is 2. The molecule has 0 heterocycles. The number of nitrogens with one attached hydrogen (secondary N) is 2. The van der Waals surface area contributed by atoms with Crippen LogP contribution in [0.4, 0.5) is 5.69 Å². The average Bonchev–Trinajstić information content (AvgIpc) is 2.61. The van der Waals surface area contributed by atoms with Gasteiger partial charge in [0.25, 0.3) is 0 Å². The highest BCUT2D eigenvalue weighted by Crippen LogP contribution is 2.26. The summed E-state index contributed by atoms with van der Waals surface area (Å²) < 4.78 is 5.60. The molecule has 1 fully saturated rings. The molecule has 0 radical (unpaired) electrons. The minimum atomic E-state index is -0.617. The molecule has 2 N–H and O–H groups in total. The maximum atomic E-state index is 12.1. The molecule has 2 rings (SSSR count). The van der Waals surface area contributed by atoms with Gasteiger partial charge in [-0.05, 0) is 61.8 Å². The van der Waals surface area contributed by atoms with Crippen molar-refractivity contribution in [3.63, 3.8) is 0 Å². The molecule has 0 unspecified atom stereocenters. The molecule has 0 saturated heterocycles. The Labute approximate surface area is 150 Å². The van der Waals surface area contributed by atoms with Crippen LogP contribution >= 0.6 is 0 Å². The molecule has 1 saturated carbocycles. The van der Waals surface area contributed by atoms with Crippen molar-refractivity contribution in [2.75, 3.05) is 11.9 Å². The van der Waals surface area contributed by atoms with Crippen molar-refractivity contribution in [2.45, 2.75) is 58.9 Å². The summed E-state index contributed by atoms with van der Waals surface area (Å²) in [5.74, 6) is 0.797. The highest BCUT2D eigenvalue weighted by Gasteiger charge is 2.23. The molecule has 1 aliphatic rings. The molecular formula is C20H30N2O3. The van der Waals surface area contributed by atoms with Crippen molar-refractivity contribution in [1.29, 1.82) is 0 Å². The molecule has 0 aromatic heterocycles. The number of benzene rings is 1. The Kier molecular flexibility index (Phi) is 7.29. The van der Waals surface area contributed by atoms with E-state index in [1.54, 1.807) is 24.3 Å². The fourth-order valence-electron chi connectivity index (χ4n) is 3.05. The van der Waals surface area contributed by atoms with Gasteiger partial charge in [0.15, 0.2) is 0 Å². The topological polar surface area (TPSA) is 67.4 Å². The molecule has 5 heteroatoms. The Morgan fingerprint density at radius 3 is 2.28 bits per heavy atom. The summed E-state index contributed by atoms with van der Waals surface area (Å²) in [5.41, 5.74) is 0.590. The van der Waals surface area contributed by atoms with E-state index in [4.69, 9.17) is 4.74 Å². The zero-order valence-corrected chi connectivity index (χ0v) is 15.5. The zero-order chi connectivity index (χ0) is 18.2. The van der Waals surface area contributed by atoms with E-state index in [-0.39, 0.29) is 6.04 Å². The third-order valence-electron chi connectivity index (χ3n) is 4.66. The quantitative estimate of drug-likeness (QED) is 0.771. The van der Waals surface area contributed by atoms with Gasteiger partial charge in [0.1, 0.15) is 5.75 Å². The van der Waals surface area contributed by atoms with E-state index in [2.05, 4.69) is 31.4 Å². The fraction of sp³-hybridized carbons (Fsp3) is 0.600. The first-order valence-electron chi connectivity index (χ1n) is 9.32. The number of amides is 2. The lowest BCUT2D eigenvalue weighted by Gasteiger charge is -2.28. The Hall–Kier alpha value is -2.04. The smallest absolute Gasteiger partial charge is 0.313 e. The first-order valence-corrected chi connectivity index (χ1v) is 9.32. The van der Waals surface area contributed by atoms with Gasteiger partial charge in [-0.3, -0.25) is 9.59 Å². The van der Waals surface area contributed by atoms with Crippen molar-refractivity contribution >= 4 is 17.5 Å². The minimum Gasteiger partial charge on any atom is -0.493 e.